The molecule has 0 fully saturated rings. The van der Waals surface area contributed by atoms with Crippen LogP contribution in [0.3, 0.4) is 0 Å². The average Bonchev–Trinajstić information content (AvgIpc) is 2.98. The highest BCUT2D eigenvalue weighted by atomic mass is 32.1. The number of nitrogens with one attached hydrogen (secondary N) is 1. The molecule has 3 heterocycles. The van der Waals surface area contributed by atoms with Gasteiger partial charge in [-0.3, -0.25) is 14.7 Å². The fraction of sp³-hybridized carbons (Fsp3) is 0.364. The van der Waals surface area contributed by atoms with Crippen LogP contribution in [0.1, 0.15) is 29.0 Å². The third kappa shape index (κ3) is 1.95. The van der Waals surface area contributed by atoms with Gasteiger partial charge in [0.2, 0.25) is 5.95 Å². The normalized spacial score (nSPS) is 14.4. The SMILES string of the molecule is O=C(Nc1nnc2n1CCCC2)c1ccsc1. The first kappa shape index (κ1) is 10.5. The van der Waals surface area contributed by atoms with E-state index in [-0.39, 0.29) is 5.91 Å². The minimum Gasteiger partial charge on any atom is -0.297 e. The van der Waals surface area contributed by atoms with Gasteiger partial charge < -0.3 is 0 Å². The second kappa shape index (κ2) is 4.29. The maximum atomic E-state index is 11.9. The lowest BCUT2D eigenvalue weighted by atomic mass is 10.2. The molecule has 0 atom stereocenters. The molecule has 1 aliphatic rings. The molecule has 1 aliphatic heterocycles. The zero-order valence-electron chi connectivity index (χ0n) is 9.22. The lowest BCUT2D eigenvalue weighted by Gasteiger charge is -2.14. The van der Waals surface area contributed by atoms with Crippen LogP contribution >= 0.6 is 11.3 Å². The van der Waals surface area contributed by atoms with Crippen molar-refractivity contribution in [3.63, 3.8) is 0 Å². The highest BCUT2D eigenvalue weighted by Gasteiger charge is 2.17. The van der Waals surface area contributed by atoms with E-state index in [1.54, 1.807) is 6.07 Å². The Hall–Kier alpha value is -1.69. The highest BCUT2D eigenvalue weighted by molar-refractivity contribution is 7.08. The van der Waals surface area contributed by atoms with Crippen LogP contribution in [-0.4, -0.2) is 20.7 Å². The van der Waals surface area contributed by atoms with Crippen molar-refractivity contribution in [2.24, 2.45) is 0 Å². The van der Waals surface area contributed by atoms with E-state index in [2.05, 4.69) is 15.5 Å². The molecule has 0 unspecified atom stereocenters. The number of aromatic nitrogens is 3. The Morgan fingerprint density at radius 2 is 2.35 bits per heavy atom. The number of nitrogens with zero attached hydrogens (tertiary/aromatic N) is 3. The lowest BCUT2D eigenvalue weighted by Crippen LogP contribution is -2.18. The summed E-state index contributed by atoms with van der Waals surface area (Å²) in [6, 6.07) is 1.80. The summed E-state index contributed by atoms with van der Waals surface area (Å²) in [5, 5.41) is 14.6. The van der Waals surface area contributed by atoms with Crippen LogP contribution in [0, 0.1) is 0 Å². The second-order valence-electron chi connectivity index (χ2n) is 4.01. The number of fused-ring (bicyclic) bond motifs is 1. The molecule has 0 aliphatic carbocycles. The van der Waals surface area contributed by atoms with E-state index in [9.17, 15) is 4.79 Å². The number of hydrogen-bond acceptors (Lipinski definition) is 4. The van der Waals surface area contributed by atoms with E-state index < -0.39 is 0 Å². The Morgan fingerprint density at radius 1 is 1.41 bits per heavy atom. The van der Waals surface area contributed by atoms with Crippen LogP contribution in [0.5, 0.6) is 0 Å². The number of carbonyl (C=O) groups is 1. The first-order valence-electron chi connectivity index (χ1n) is 5.60. The summed E-state index contributed by atoms with van der Waals surface area (Å²) in [6.07, 6.45) is 3.21. The molecule has 17 heavy (non-hydrogen) atoms. The van der Waals surface area contributed by atoms with Crippen molar-refractivity contribution in [3.8, 4) is 0 Å². The smallest absolute Gasteiger partial charge is 0.258 e. The molecule has 0 bridgehead atoms. The van der Waals surface area contributed by atoms with Crippen LogP contribution in [0.2, 0.25) is 0 Å². The maximum Gasteiger partial charge on any atom is 0.258 e. The molecular weight excluding hydrogens is 236 g/mol. The van der Waals surface area contributed by atoms with Crippen LogP contribution in [0.4, 0.5) is 5.95 Å². The van der Waals surface area contributed by atoms with E-state index in [4.69, 9.17) is 0 Å². The Labute approximate surface area is 102 Å². The number of hydrogen-bond donors (Lipinski definition) is 1. The average molecular weight is 248 g/mol. The predicted molar refractivity (Wildman–Crippen MR) is 65.2 cm³/mol. The number of thiophene rings is 1. The van der Waals surface area contributed by atoms with E-state index in [1.807, 2.05) is 15.3 Å². The van der Waals surface area contributed by atoms with Gasteiger partial charge in [0, 0.05) is 18.3 Å². The number of aryl methyl sites for hydroxylation is 1. The van der Waals surface area contributed by atoms with Gasteiger partial charge in [0.25, 0.3) is 5.91 Å². The second-order valence-corrected chi connectivity index (χ2v) is 4.79. The summed E-state index contributed by atoms with van der Waals surface area (Å²) < 4.78 is 1.99. The lowest BCUT2D eigenvalue weighted by molar-refractivity contribution is 0.102. The van der Waals surface area contributed by atoms with Gasteiger partial charge in [-0.2, -0.15) is 11.3 Å². The Kier molecular flexibility index (Phi) is 2.64. The van der Waals surface area contributed by atoms with Crippen molar-refractivity contribution >= 4 is 23.2 Å². The van der Waals surface area contributed by atoms with Crippen LogP contribution in [-0.2, 0) is 13.0 Å². The van der Waals surface area contributed by atoms with Gasteiger partial charge in [-0.05, 0) is 24.3 Å². The summed E-state index contributed by atoms with van der Waals surface area (Å²) in [7, 11) is 0. The van der Waals surface area contributed by atoms with Crippen LogP contribution in [0.15, 0.2) is 16.8 Å². The molecule has 2 aromatic heterocycles. The van der Waals surface area contributed by atoms with Crippen molar-refractivity contribution in [2.45, 2.75) is 25.8 Å². The van der Waals surface area contributed by atoms with Gasteiger partial charge in [-0.25, -0.2) is 0 Å². The molecule has 1 amide bonds. The Balaban J connectivity index is 1.81. The van der Waals surface area contributed by atoms with Gasteiger partial charge in [0.1, 0.15) is 5.82 Å². The molecular formula is C11H12N4OS. The molecule has 0 saturated heterocycles. The first-order valence-corrected chi connectivity index (χ1v) is 6.54. The monoisotopic (exact) mass is 248 g/mol. The van der Waals surface area contributed by atoms with Gasteiger partial charge in [-0.1, -0.05) is 0 Å². The molecule has 5 nitrogen and oxygen atoms in total. The van der Waals surface area contributed by atoms with Gasteiger partial charge in [0.15, 0.2) is 0 Å². The van der Waals surface area contributed by atoms with E-state index in [1.165, 1.54) is 11.3 Å². The number of rotatable bonds is 2. The molecule has 0 aromatic carbocycles. The third-order valence-corrected chi connectivity index (χ3v) is 3.55. The maximum absolute atomic E-state index is 11.9. The third-order valence-electron chi connectivity index (χ3n) is 2.87. The first-order chi connectivity index (χ1) is 8.34. The standard InChI is InChI=1S/C11H12N4OS/c16-10(8-4-6-17-7-8)12-11-14-13-9-3-1-2-5-15(9)11/h4,6-7H,1-3,5H2,(H,12,14,16). The minimum absolute atomic E-state index is 0.118. The largest absolute Gasteiger partial charge is 0.297 e. The van der Waals surface area contributed by atoms with Crippen molar-refractivity contribution in [1.82, 2.24) is 14.8 Å². The number of amides is 1. The summed E-state index contributed by atoms with van der Waals surface area (Å²) in [5.41, 5.74) is 0.670. The van der Waals surface area contributed by atoms with Gasteiger partial charge in [0.05, 0.1) is 5.56 Å². The van der Waals surface area contributed by atoms with Gasteiger partial charge >= 0.3 is 0 Å². The topological polar surface area (TPSA) is 59.8 Å². The molecule has 0 saturated carbocycles. The van der Waals surface area contributed by atoms with Crippen LogP contribution in [0.25, 0.3) is 0 Å². The number of anilines is 1. The zero-order chi connectivity index (χ0) is 11.7. The van der Waals surface area contributed by atoms with Crippen molar-refractivity contribution in [3.05, 3.63) is 28.2 Å². The molecule has 88 valence electrons. The summed E-state index contributed by atoms with van der Waals surface area (Å²) >= 11 is 1.51. The van der Waals surface area contributed by atoms with E-state index >= 15 is 0 Å². The van der Waals surface area contributed by atoms with Crippen molar-refractivity contribution in [2.75, 3.05) is 5.32 Å². The Bertz CT molecular complexity index is 532. The van der Waals surface area contributed by atoms with Crippen molar-refractivity contribution in [1.29, 1.82) is 0 Å². The molecule has 0 spiro atoms. The summed E-state index contributed by atoms with van der Waals surface area (Å²) in [6.45, 7) is 0.890. The fourth-order valence-corrected chi connectivity index (χ4v) is 2.60. The molecule has 3 rings (SSSR count). The molecule has 2 aromatic rings. The molecule has 6 heteroatoms. The molecule has 1 N–H and O–H groups in total. The van der Waals surface area contributed by atoms with Crippen molar-refractivity contribution < 1.29 is 4.79 Å². The van der Waals surface area contributed by atoms with Crippen LogP contribution < -0.4 is 5.32 Å². The summed E-state index contributed by atoms with van der Waals surface area (Å²) in [4.78, 5) is 11.9. The number of carbonyl (C=O) groups excluding carboxylic acids is 1. The van der Waals surface area contributed by atoms with E-state index in [0.717, 1.165) is 31.6 Å². The zero-order valence-corrected chi connectivity index (χ0v) is 10.0. The quantitative estimate of drug-likeness (QED) is 0.883. The fourth-order valence-electron chi connectivity index (χ4n) is 1.97. The van der Waals surface area contributed by atoms with Gasteiger partial charge in [-0.15, -0.1) is 10.2 Å². The summed E-state index contributed by atoms with van der Waals surface area (Å²) in [5.74, 6) is 1.42. The van der Waals surface area contributed by atoms with E-state index in [0.29, 0.717) is 11.5 Å². The predicted octanol–water partition coefficient (Wildman–Crippen LogP) is 1.93. The Morgan fingerprint density at radius 3 is 3.18 bits per heavy atom. The minimum atomic E-state index is -0.118. The molecule has 0 radical (unpaired) electrons. The highest BCUT2D eigenvalue weighted by Crippen LogP contribution is 2.18.